The first-order valence-electron chi connectivity index (χ1n) is 6.56. The van der Waals surface area contributed by atoms with Gasteiger partial charge in [0.15, 0.2) is 9.84 Å². The minimum atomic E-state index is -3.21. The van der Waals surface area contributed by atoms with Crippen LogP contribution in [-0.2, 0) is 14.6 Å². The van der Waals surface area contributed by atoms with Crippen LogP contribution >= 0.6 is 11.3 Å². The summed E-state index contributed by atoms with van der Waals surface area (Å²) in [6.45, 7) is 1.85. The molecule has 1 unspecified atom stereocenters. The van der Waals surface area contributed by atoms with E-state index >= 15 is 0 Å². The molecule has 0 bridgehead atoms. The van der Waals surface area contributed by atoms with Crippen LogP contribution < -0.4 is 0 Å². The number of rotatable bonds is 2. The average molecular weight is 322 g/mol. The maximum atomic E-state index is 12.3. The number of sulfone groups is 1. The van der Waals surface area contributed by atoms with Crippen molar-refractivity contribution >= 4 is 27.1 Å². The van der Waals surface area contributed by atoms with E-state index in [4.69, 9.17) is 4.74 Å². The van der Waals surface area contributed by atoms with E-state index in [0.29, 0.717) is 21.8 Å². The van der Waals surface area contributed by atoms with Crippen molar-refractivity contribution in [3.05, 3.63) is 52.4 Å². The van der Waals surface area contributed by atoms with Crippen molar-refractivity contribution in [1.82, 2.24) is 0 Å². The molecule has 1 aliphatic rings. The summed E-state index contributed by atoms with van der Waals surface area (Å²) in [5, 5.41) is 1.72. The lowest BCUT2D eigenvalue weighted by Gasteiger charge is -2.23. The number of ether oxygens (including phenoxy) is 1. The van der Waals surface area contributed by atoms with Gasteiger partial charge in [-0.2, -0.15) is 0 Å². The third-order valence-corrected chi connectivity index (χ3v) is 6.90. The van der Waals surface area contributed by atoms with Gasteiger partial charge >= 0.3 is 5.97 Å². The van der Waals surface area contributed by atoms with Crippen molar-refractivity contribution in [1.29, 1.82) is 0 Å². The van der Waals surface area contributed by atoms with Crippen LogP contribution in [0.25, 0.3) is 0 Å². The summed E-state index contributed by atoms with van der Waals surface area (Å²) in [6, 6.07) is 8.93. The van der Waals surface area contributed by atoms with Gasteiger partial charge in [0.25, 0.3) is 0 Å². The molecule has 21 heavy (non-hydrogen) atoms. The molecule has 6 heteroatoms. The number of esters is 1. The average Bonchev–Trinajstić information content (AvgIpc) is 2.93. The molecule has 0 aliphatic carbocycles. The monoisotopic (exact) mass is 322 g/mol. The summed E-state index contributed by atoms with van der Waals surface area (Å²) in [6.07, 6.45) is -0.175. The van der Waals surface area contributed by atoms with E-state index in [0.717, 1.165) is 5.56 Å². The summed E-state index contributed by atoms with van der Waals surface area (Å²) in [7, 11) is -3.21. The van der Waals surface area contributed by atoms with Gasteiger partial charge in [0.2, 0.25) is 0 Å². The van der Waals surface area contributed by atoms with Crippen LogP contribution in [0.5, 0.6) is 0 Å². The highest BCUT2D eigenvalue weighted by Crippen LogP contribution is 2.38. The first-order valence-corrected chi connectivity index (χ1v) is 9.09. The Morgan fingerprint density at radius 3 is 2.81 bits per heavy atom. The van der Waals surface area contributed by atoms with Crippen molar-refractivity contribution < 1.29 is 17.9 Å². The van der Waals surface area contributed by atoms with Crippen LogP contribution in [0.2, 0.25) is 0 Å². The number of thiophene rings is 1. The number of benzene rings is 1. The highest BCUT2D eigenvalue weighted by molar-refractivity contribution is 7.93. The van der Waals surface area contributed by atoms with Crippen LogP contribution in [0.3, 0.4) is 0 Å². The maximum absolute atomic E-state index is 12.3. The lowest BCUT2D eigenvalue weighted by molar-refractivity contribution is 0.0279. The summed E-state index contributed by atoms with van der Waals surface area (Å²) >= 11 is 1.18. The number of carbonyl (C=O) groups excluding carboxylic acids is 1. The zero-order valence-electron chi connectivity index (χ0n) is 11.4. The second kappa shape index (κ2) is 5.27. The first kappa shape index (κ1) is 14.3. The number of hydrogen-bond acceptors (Lipinski definition) is 5. The first-order chi connectivity index (χ1) is 9.99. The van der Waals surface area contributed by atoms with Gasteiger partial charge in [-0.1, -0.05) is 18.2 Å². The third-order valence-electron chi connectivity index (χ3n) is 3.55. The zero-order valence-corrected chi connectivity index (χ0v) is 13.0. The Hall–Kier alpha value is -1.66. The van der Waals surface area contributed by atoms with Crippen LogP contribution in [0.1, 0.15) is 34.0 Å². The molecular formula is C15H14O4S2. The van der Waals surface area contributed by atoms with Gasteiger partial charge in [0.05, 0.1) is 11.3 Å². The lowest BCUT2D eigenvalue weighted by atomic mass is 10.1. The quantitative estimate of drug-likeness (QED) is 0.797. The zero-order chi connectivity index (χ0) is 15.0. The van der Waals surface area contributed by atoms with Gasteiger partial charge in [-0.25, -0.2) is 13.2 Å². The maximum Gasteiger partial charge on any atom is 0.339 e. The van der Waals surface area contributed by atoms with Gasteiger partial charge in [-0.05, 0) is 30.0 Å². The fourth-order valence-corrected chi connectivity index (χ4v) is 5.37. The van der Waals surface area contributed by atoms with E-state index < -0.39 is 21.9 Å². The summed E-state index contributed by atoms with van der Waals surface area (Å²) < 4.78 is 29.8. The van der Waals surface area contributed by atoms with Gasteiger partial charge in [0.1, 0.15) is 10.3 Å². The Kier molecular flexibility index (Phi) is 3.59. The SMILES string of the molecule is Cc1ccccc1C(=O)OC1CCS(=O)(=O)c2sccc21. The summed E-state index contributed by atoms with van der Waals surface area (Å²) in [5.74, 6) is -0.388. The second-order valence-electron chi connectivity index (χ2n) is 4.98. The molecule has 1 atom stereocenters. The molecule has 0 N–H and O–H groups in total. The molecule has 2 aromatic rings. The molecule has 2 heterocycles. The minimum Gasteiger partial charge on any atom is -0.454 e. The number of fused-ring (bicyclic) bond motifs is 1. The second-order valence-corrected chi connectivity index (χ2v) is 8.20. The highest BCUT2D eigenvalue weighted by Gasteiger charge is 2.34. The third kappa shape index (κ3) is 2.61. The Morgan fingerprint density at radius 1 is 1.29 bits per heavy atom. The predicted octanol–water partition coefficient (Wildman–Crippen LogP) is 3.13. The van der Waals surface area contributed by atoms with Gasteiger partial charge < -0.3 is 4.74 Å². The molecule has 0 fully saturated rings. The number of hydrogen-bond donors (Lipinski definition) is 0. The Morgan fingerprint density at radius 2 is 2.05 bits per heavy atom. The van der Waals surface area contributed by atoms with Crippen molar-refractivity contribution in [2.45, 2.75) is 23.7 Å². The molecule has 4 nitrogen and oxygen atoms in total. The summed E-state index contributed by atoms with van der Waals surface area (Å²) in [4.78, 5) is 12.3. The van der Waals surface area contributed by atoms with Crippen molar-refractivity contribution in [2.24, 2.45) is 0 Å². The predicted molar refractivity (Wildman–Crippen MR) is 80.3 cm³/mol. The molecule has 0 saturated heterocycles. The van der Waals surface area contributed by atoms with E-state index in [2.05, 4.69) is 0 Å². The van der Waals surface area contributed by atoms with Gasteiger partial charge in [0, 0.05) is 12.0 Å². The van der Waals surface area contributed by atoms with E-state index in [1.165, 1.54) is 11.3 Å². The number of carbonyl (C=O) groups is 1. The smallest absolute Gasteiger partial charge is 0.339 e. The molecule has 3 rings (SSSR count). The largest absolute Gasteiger partial charge is 0.454 e. The molecule has 1 aliphatic heterocycles. The molecule has 0 saturated carbocycles. The topological polar surface area (TPSA) is 60.4 Å². The standard InChI is InChI=1S/C15H14O4S2/c1-10-4-2-3-5-11(10)14(16)19-13-7-9-21(17,18)15-12(13)6-8-20-15/h2-6,8,13H,7,9H2,1H3. The Labute approximate surface area is 127 Å². The molecular weight excluding hydrogens is 308 g/mol. The van der Waals surface area contributed by atoms with Crippen LogP contribution in [-0.4, -0.2) is 20.1 Å². The van der Waals surface area contributed by atoms with Crippen molar-refractivity contribution in [3.8, 4) is 0 Å². The van der Waals surface area contributed by atoms with E-state index in [1.807, 2.05) is 19.1 Å². The van der Waals surface area contributed by atoms with Crippen molar-refractivity contribution in [3.63, 3.8) is 0 Å². The van der Waals surface area contributed by atoms with Crippen LogP contribution in [0, 0.1) is 6.92 Å². The highest BCUT2D eigenvalue weighted by atomic mass is 32.2. The summed E-state index contributed by atoms with van der Waals surface area (Å²) in [5.41, 5.74) is 1.97. The van der Waals surface area contributed by atoms with Gasteiger partial charge in [-0.15, -0.1) is 11.3 Å². The van der Waals surface area contributed by atoms with Crippen LogP contribution in [0.4, 0.5) is 0 Å². The van der Waals surface area contributed by atoms with E-state index in [9.17, 15) is 13.2 Å². The molecule has 1 aromatic carbocycles. The van der Waals surface area contributed by atoms with Gasteiger partial charge in [-0.3, -0.25) is 0 Å². The normalized spacial score (nSPS) is 19.8. The lowest BCUT2D eigenvalue weighted by Crippen LogP contribution is -2.22. The van der Waals surface area contributed by atoms with Crippen molar-refractivity contribution in [2.75, 3.05) is 5.75 Å². The molecule has 0 radical (unpaired) electrons. The minimum absolute atomic E-state index is 0.0201. The number of aryl methyl sites for hydroxylation is 1. The fraction of sp³-hybridized carbons (Fsp3) is 0.267. The fourth-order valence-electron chi connectivity index (χ4n) is 2.42. The van der Waals surface area contributed by atoms with E-state index in [1.54, 1.807) is 23.6 Å². The molecule has 110 valence electrons. The van der Waals surface area contributed by atoms with E-state index in [-0.39, 0.29) is 5.75 Å². The Balaban J connectivity index is 1.88. The molecule has 0 spiro atoms. The molecule has 0 amide bonds. The van der Waals surface area contributed by atoms with Crippen LogP contribution in [0.15, 0.2) is 39.9 Å². The molecule has 1 aromatic heterocycles. The Bertz CT molecular complexity index is 790.